The molecule has 0 spiro atoms. The van der Waals surface area contributed by atoms with Crippen LogP contribution in [0.4, 0.5) is 0 Å². The van der Waals surface area contributed by atoms with Gasteiger partial charge < -0.3 is 0 Å². The molecule has 0 radical (unpaired) electrons. The molecule has 0 aliphatic rings. The van der Waals surface area contributed by atoms with Crippen molar-refractivity contribution in [3.63, 3.8) is 0 Å². The van der Waals surface area contributed by atoms with E-state index in [1.807, 2.05) is 32.0 Å². The summed E-state index contributed by atoms with van der Waals surface area (Å²) in [4.78, 5) is 4.47. The fourth-order valence-electron chi connectivity index (χ4n) is 2.23. The van der Waals surface area contributed by atoms with Crippen molar-refractivity contribution in [3.05, 3.63) is 62.9 Å². The van der Waals surface area contributed by atoms with Crippen molar-refractivity contribution >= 4 is 23.2 Å². The van der Waals surface area contributed by atoms with E-state index in [-0.39, 0.29) is 6.04 Å². The Morgan fingerprint density at radius 3 is 2.50 bits per heavy atom. The SMILES string of the molecule is Cc1ccc(C(Cc2ccc(Cl)c(Cl)c2)NN)c(C)n1. The summed E-state index contributed by atoms with van der Waals surface area (Å²) < 4.78 is 0. The number of pyridine rings is 1. The van der Waals surface area contributed by atoms with E-state index >= 15 is 0 Å². The maximum atomic E-state index is 6.04. The number of hydrazine groups is 1. The maximum absolute atomic E-state index is 6.04. The topological polar surface area (TPSA) is 50.9 Å². The highest BCUT2D eigenvalue weighted by atomic mass is 35.5. The van der Waals surface area contributed by atoms with Gasteiger partial charge in [-0.3, -0.25) is 16.3 Å². The van der Waals surface area contributed by atoms with Gasteiger partial charge in [-0.1, -0.05) is 35.3 Å². The Balaban J connectivity index is 2.26. The Kier molecular flexibility index (Phi) is 5.00. The molecule has 0 bridgehead atoms. The number of rotatable bonds is 4. The molecule has 1 aromatic carbocycles. The number of nitrogens with one attached hydrogen (secondary N) is 1. The molecule has 0 saturated carbocycles. The predicted octanol–water partition coefficient (Wildman–Crippen LogP) is 3.75. The molecule has 3 N–H and O–H groups in total. The third kappa shape index (κ3) is 3.49. The van der Waals surface area contributed by atoms with Crippen molar-refractivity contribution in [2.24, 2.45) is 5.84 Å². The molecule has 1 unspecified atom stereocenters. The number of halogens is 2. The quantitative estimate of drug-likeness (QED) is 0.668. The third-order valence-corrected chi connectivity index (χ3v) is 4.01. The van der Waals surface area contributed by atoms with Gasteiger partial charge in [-0.2, -0.15) is 0 Å². The molecular formula is C15H17Cl2N3. The number of aryl methyl sites for hydroxylation is 2. The highest BCUT2D eigenvalue weighted by molar-refractivity contribution is 6.42. The fourth-order valence-corrected chi connectivity index (χ4v) is 2.55. The molecule has 3 nitrogen and oxygen atoms in total. The molecule has 1 heterocycles. The van der Waals surface area contributed by atoms with Crippen LogP contribution >= 0.6 is 23.2 Å². The molecule has 1 aromatic heterocycles. The van der Waals surface area contributed by atoms with Crippen LogP contribution in [0.2, 0.25) is 10.0 Å². The van der Waals surface area contributed by atoms with Crippen molar-refractivity contribution in [1.82, 2.24) is 10.4 Å². The molecule has 0 aliphatic heterocycles. The van der Waals surface area contributed by atoms with Crippen LogP contribution in [0.1, 0.15) is 28.6 Å². The van der Waals surface area contributed by atoms with E-state index in [0.717, 1.165) is 28.9 Å². The molecule has 0 saturated heterocycles. The second kappa shape index (κ2) is 6.55. The largest absolute Gasteiger partial charge is 0.271 e. The van der Waals surface area contributed by atoms with E-state index < -0.39 is 0 Å². The van der Waals surface area contributed by atoms with E-state index in [1.54, 1.807) is 6.07 Å². The minimum atomic E-state index is -0.0136. The molecule has 0 aliphatic carbocycles. The van der Waals surface area contributed by atoms with Crippen LogP contribution in [-0.2, 0) is 6.42 Å². The summed E-state index contributed by atoms with van der Waals surface area (Å²) in [5.74, 6) is 5.69. The lowest BCUT2D eigenvalue weighted by Gasteiger charge is -2.18. The summed E-state index contributed by atoms with van der Waals surface area (Å²) in [5, 5.41) is 1.11. The smallest absolute Gasteiger partial charge is 0.0595 e. The summed E-state index contributed by atoms with van der Waals surface area (Å²) in [6, 6.07) is 9.65. The van der Waals surface area contributed by atoms with Crippen molar-refractivity contribution in [1.29, 1.82) is 0 Å². The van der Waals surface area contributed by atoms with Gasteiger partial charge in [0.05, 0.1) is 16.1 Å². The van der Waals surface area contributed by atoms with E-state index in [0.29, 0.717) is 10.0 Å². The van der Waals surface area contributed by atoms with Gasteiger partial charge in [0.1, 0.15) is 0 Å². The summed E-state index contributed by atoms with van der Waals surface area (Å²) in [6.07, 6.45) is 0.721. The zero-order chi connectivity index (χ0) is 14.7. The fraction of sp³-hybridized carbons (Fsp3) is 0.267. The Morgan fingerprint density at radius 2 is 1.90 bits per heavy atom. The zero-order valence-corrected chi connectivity index (χ0v) is 13.0. The number of hydrogen-bond donors (Lipinski definition) is 2. The van der Waals surface area contributed by atoms with Gasteiger partial charge >= 0.3 is 0 Å². The van der Waals surface area contributed by atoms with Crippen LogP contribution < -0.4 is 11.3 Å². The van der Waals surface area contributed by atoms with Gasteiger partial charge in [0.2, 0.25) is 0 Å². The molecule has 5 heteroatoms. The Morgan fingerprint density at radius 1 is 1.15 bits per heavy atom. The van der Waals surface area contributed by atoms with Gasteiger partial charge in [0, 0.05) is 11.4 Å². The number of nitrogens with two attached hydrogens (primary N) is 1. The lowest BCUT2D eigenvalue weighted by atomic mass is 9.98. The number of hydrogen-bond acceptors (Lipinski definition) is 3. The number of benzene rings is 1. The first-order valence-corrected chi connectivity index (χ1v) is 7.11. The van der Waals surface area contributed by atoms with E-state index in [9.17, 15) is 0 Å². The summed E-state index contributed by atoms with van der Waals surface area (Å²) >= 11 is 12.0. The van der Waals surface area contributed by atoms with Crippen molar-refractivity contribution in [2.45, 2.75) is 26.3 Å². The van der Waals surface area contributed by atoms with Gasteiger partial charge in [0.25, 0.3) is 0 Å². The molecule has 0 fully saturated rings. The molecule has 0 amide bonds. The normalized spacial score (nSPS) is 12.4. The first kappa shape index (κ1) is 15.3. The van der Waals surface area contributed by atoms with Gasteiger partial charge in [-0.25, -0.2) is 0 Å². The van der Waals surface area contributed by atoms with Crippen molar-refractivity contribution < 1.29 is 0 Å². The maximum Gasteiger partial charge on any atom is 0.0595 e. The second-order valence-corrected chi connectivity index (χ2v) is 5.61. The van der Waals surface area contributed by atoms with Crippen LogP contribution in [0.3, 0.4) is 0 Å². The molecule has 2 rings (SSSR count). The van der Waals surface area contributed by atoms with E-state index in [4.69, 9.17) is 29.0 Å². The Hall–Kier alpha value is -1.13. The molecule has 106 valence electrons. The highest BCUT2D eigenvalue weighted by Crippen LogP contribution is 2.26. The summed E-state index contributed by atoms with van der Waals surface area (Å²) in [5.41, 5.74) is 6.98. The van der Waals surface area contributed by atoms with Crippen molar-refractivity contribution in [2.75, 3.05) is 0 Å². The second-order valence-electron chi connectivity index (χ2n) is 4.80. The standard InChI is InChI=1S/C15H17Cl2N3/c1-9-3-5-12(10(2)19-9)15(20-18)8-11-4-6-13(16)14(17)7-11/h3-7,15,20H,8,18H2,1-2H3. The Bertz CT molecular complexity index is 614. The van der Waals surface area contributed by atoms with Gasteiger partial charge in [-0.15, -0.1) is 0 Å². The predicted molar refractivity (Wildman–Crippen MR) is 83.9 cm³/mol. The van der Waals surface area contributed by atoms with E-state index in [2.05, 4.69) is 16.5 Å². The first-order valence-electron chi connectivity index (χ1n) is 6.35. The minimum Gasteiger partial charge on any atom is -0.271 e. The molecule has 20 heavy (non-hydrogen) atoms. The molecular weight excluding hydrogens is 293 g/mol. The average molecular weight is 310 g/mol. The van der Waals surface area contributed by atoms with Crippen LogP contribution in [0.5, 0.6) is 0 Å². The monoisotopic (exact) mass is 309 g/mol. The first-order chi connectivity index (χ1) is 9.51. The Labute approximate surface area is 129 Å². The molecule has 2 aromatic rings. The lowest BCUT2D eigenvalue weighted by Crippen LogP contribution is -2.30. The van der Waals surface area contributed by atoms with Gasteiger partial charge in [0.15, 0.2) is 0 Å². The van der Waals surface area contributed by atoms with Crippen LogP contribution in [0.15, 0.2) is 30.3 Å². The number of nitrogens with zero attached hydrogens (tertiary/aromatic N) is 1. The van der Waals surface area contributed by atoms with Crippen LogP contribution in [0.25, 0.3) is 0 Å². The highest BCUT2D eigenvalue weighted by Gasteiger charge is 2.14. The third-order valence-electron chi connectivity index (χ3n) is 3.27. The van der Waals surface area contributed by atoms with Crippen LogP contribution in [0, 0.1) is 13.8 Å². The summed E-state index contributed by atoms with van der Waals surface area (Å²) in [6.45, 7) is 3.96. The number of aromatic nitrogens is 1. The molecule has 1 atom stereocenters. The van der Waals surface area contributed by atoms with Gasteiger partial charge in [-0.05, 0) is 49.6 Å². The van der Waals surface area contributed by atoms with E-state index in [1.165, 1.54) is 0 Å². The van der Waals surface area contributed by atoms with Crippen LogP contribution in [-0.4, -0.2) is 4.98 Å². The summed E-state index contributed by atoms with van der Waals surface area (Å²) in [7, 11) is 0. The minimum absolute atomic E-state index is 0.0136. The van der Waals surface area contributed by atoms with Crippen molar-refractivity contribution in [3.8, 4) is 0 Å². The lowest BCUT2D eigenvalue weighted by molar-refractivity contribution is 0.547. The zero-order valence-electron chi connectivity index (χ0n) is 11.5. The average Bonchev–Trinajstić information content (AvgIpc) is 2.41.